The molecular weight excluding hydrogens is 500 g/mol. The van der Waals surface area contributed by atoms with E-state index in [1.54, 1.807) is 42.8 Å². The number of rotatable bonds is 6. The molecule has 4 aromatic rings. The summed E-state index contributed by atoms with van der Waals surface area (Å²) in [4.78, 5) is 25.5. The third-order valence-corrected chi connectivity index (χ3v) is 6.06. The van der Waals surface area contributed by atoms with Gasteiger partial charge in [-0.15, -0.1) is 0 Å². The molecule has 0 radical (unpaired) electrons. The van der Waals surface area contributed by atoms with Crippen LogP contribution in [0.15, 0.2) is 77.4 Å². The Hall–Kier alpha value is -4.19. The first-order valence-electron chi connectivity index (χ1n) is 10.9. The van der Waals surface area contributed by atoms with Gasteiger partial charge >= 0.3 is 5.69 Å². The molecule has 0 atom stereocenters. The van der Waals surface area contributed by atoms with E-state index in [9.17, 15) is 27.9 Å². The van der Waals surface area contributed by atoms with Crippen LogP contribution in [-0.2, 0) is 21.6 Å². The van der Waals surface area contributed by atoms with Crippen molar-refractivity contribution in [3.63, 3.8) is 0 Å². The number of benzene rings is 2. The van der Waals surface area contributed by atoms with E-state index >= 15 is 0 Å². The second kappa shape index (κ2) is 11.2. The topological polar surface area (TPSA) is 144 Å². The summed E-state index contributed by atoms with van der Waals surface area (Å²) in [5, 5.41) is 12.4. The Morgan fingerprint density at radius 1 is 1.00 bits per heavy atom. The van der Waals surface area contributed by atoms with Crippen molar-refractivity contribution in [1.82, 2.24) is 0 Å². The lowest BCUT2D eigenvalue weighted by Crippen LogP contribution is -2.38. The van der Waals surface area contributed by atoms with Gasteiger partial charge in [0.1, 0.15) is 23.9 Å². The summed E-state index contributed by atoms with van der Waals surface area (Å²) in [7, 11) is -1.87. The van der Waals surface area contributed by atoms with Crippen molar-refractivity contribution < 1.29 is 35.9 Å². The van der Waals surface area contributed by atoms with Gasteiger partial charge in [0.25, 0.3) is 5.69 Å². The molecule has 0 saturated heterocycles. The maximum absolute atomic E-state index is 13.6. The summed E-state index contributed by atoms with van der Waals surface area (Å²) in [6, 6.07) is 19.6. The molecule has 4 rings (SSSR count). The number of hydrogen-bond donors (Lipinski definition) is 0. The predicted molar refractivity (Wildman–Crippen MR) is 133 cm³/mol. The Morgan fingerprint density at radius 2 is 1.59 bits per heavy atom. The number of carbonyl (C=O) groups excluding carboxylic acids is 1. The Kier molecular flexibility index (Phi) is 8.33. The number of ketones is 1. The van der Waals surface area contributed by atoms with Gasteiger partial charge in [-0.05, 0) is 31.2 Å². The van der Waals surface area contributed by atoms with Gasteiger partial charge in [-0.25, -0.2) is 8.42 Å². The van der Waals surface area contributed by atoms with E-state index in [0.717, 1.165) is 12.7 Å². The molecule has 192 valence electrons. The minimum absolute atomic E-state index is 0.162. The zero-order valence-electron chi connectivity index (χ0n) is 20.5. The van der Waals surface area contributed by atoms with Crippen molar-refractivity contribution in [2.75, 3.05) is 7.11 Å². The fourth-order valence-corrected chi connectivity index (χ4v) is 3.80. The van der Waals surface area contributed by atoms with Crippen LogP contribution in [0.3, 0.4) is 0 Å². The van der Waals surface area contributed by atoms with E-state index in [1.165, 1.54) is 6.26 Å². The molecule has 2 aromatic heterocycles. The van der Waals surface area contributed by atoms with Crippen LogP contribution in [0.4, 0.5) is 5.69 Å². The van der Waals surface area contributed by atoms with Crippen molar-refractivity contribution in [1.29, 1.82) is 0 Å². The molecule has 0 unspecified atom stereocenters. The molecule has 2 aromatic carbocycles. The number of aromatic nitrogens is 1. The fraction of sp³-hybridized carbons (Fsp3) is 0.154. The highest BCUT2D eigenvalue weighted by Crippen LogP contribution is 2.41. The number of nitro groups is 1. The Labute approximate surface area is 213 Å². The van der Waals surface area contributed by atoms with Crippen molar-refractivity contribution in [2.45, 2.75) is 13.8 Å². The molecule has 0 saturated carbocycles. The van der Waals surface area contributed by atoms with Gasteiger partial charge < -0.3 is 8.97 Å². The normalized spacial score (nSPS) is 10.9. The summed E-state index contributed by atoms with van der Waals surface area (Å²) in [5.74, 6) is -0.00902. The maximum atomic E-state index is 13.6. The highest BCUT2D eigenvalue weighted by Gasteiger charge is 2.39. The Balaban J connectivity index is 0.000000568. The third-order valence-electron chi connectivity index (χ3n) is 5.65. The molecule has 37 heavy (non-hydrogen) atoms. The maximum Gasteiger partial charge on any atom is 0.352 e. The number of aryl methyl sites for hydroxylation is 1. The molecule has 0 aliphatic carbocycles. The second-order valence-corrected chi connectivity index (χ2v) is 9.11. The molecular formula is C26H24N2O8S. The number of hydrogen-bond acceptors (Lipinski definition) is 8. The van der Waals surface area contributed by atoms with Crippen LogP contribution in [0.25, 0.3) is 22.6 Å². The summed E-state index contributed by atoms with van der Waals surface area (Å²) in [6.45, 7) is 3.73. The van der Waals surface area contributed by atoms with Crippen LogP contribution in [0.1, 0.15) is 27.2 Å². The minimum atomic E-state index is -4.41. The van der Waals surface area contributed by atoms with Crippen molar-refractivity contribution >= 4 is 21.9 Å². The molecule has 0 aliphatic heterocycles. The number of pyridine rings is 1. The predicted octanol–water partition coefficient (Wildman–Crippen LogP) is 4.29. The molecule has 11 heteroatoms. The summed E-state index contributed by atoms with van der Waals surface area (Å²) in [6.07, 6.45) is 1.45. The SMILES string of the molecule is COS(=O)(=O)[O-].Cc1ccc(C(=O)c2c(-c3ccco3)c([N+](=O)[O-])c(-c3ccccc3)[n+](C)c2C)cc1. The van der Waals surface area contributed by atoms with Gasteiger partial charge in [-0.3, -0.25) is 19.1 Å². The van der Waals surface area contributed by atoms with Crippen LogP contribution in [0, 0.1) is 24.0 Å². The van der Waals surface area contributed by atoms with Crippen LogP contribution < -0.4 is 4.57 Å². The lowest BCUT2D eigenvalue weighted by atomic mass is 9.91. The highest BCUT2D eigenvalue weighted by molar-refractivity contribution is 7.80. The number of carbonyl (C=O) groups is 1. The first-order valence-corrected chi connectivity index (χ1v) is 12.2. The molecule has 0 spiro atoms. The molecule has 0 N–H and O–H groups in total. The lowest BCUT2D eigenvalue weighted by molar-refractivity contribution is -0.669. The zero-order chi connectivity index (χ0) is 27.3. The Morgan fingerprint density at radius 3 is 2.08 bits per heavy atom. The average molecular weight is 525 g/mol. The lowest BCUT2D eigenvalue weighted by Gasteiger charge is -2.13. The molecule has 2 heterocycles. The van der Waals surface area contributed by atoms with Crippen molar-refractivity contribution in [2.24, 2.45) is 7.05 Å². The summed E-state index contributed by atoms with van der Waals surface area (Å²) >= 11 is 0. The number of furan rings is 1. The molecule has 0 aliphatic rings. The highest BCUT2D eigenvalue weighted by atomic mass is 32.3. The first-order chi connectivity index (χ1) is 17.5. The van der Waals surface area contributed by atoms with Gasteiger partial charge in [0.2, 0.25) is 10.4 Å². The van der Waals surface area contributed by atoms with Gasteiger partial charge in [-0.2, -0.15) is 4.57 Å². The largest absolute Gasteiger partial charge is 0.726 e. The summed E-state index contributed by atoms with van der Waals surface area (Å²) in [5.41, 5.74) is 3.48. The summed E-state index contributed by atoms with van der Waals surface area (Å²) < 4.78 is 38.3. The van der Waals surface area contributed by atoms with E-state index < -0.39 is 15.3 Å². The monoisotopic (exact) mass is 524 g/mol. The second-order valence-electron chi connectivity index (χ2n) is 7.96. The number of nitrogens with zero attached hydrogens (tertiary/aromatic N) is 2. The standard InChI is InChI=1S/C25H21N2O4.CH4O4S/c1-16-11-13-19(14-12-16)25(28)21-17(2)26(3)23(18-8-5-4-6-9-18)24(27(29)30)22(21)20-10-7-15-31-20;1-5-6(2,3)4/h4-15H,1-3H3;1H3,(H,2,3,4)/q+1;/p-1. The van der Waals surface area contributed by atoms with Gasteiger partial charge in [-0.1, -0.05) is 48.0 Å². The van der Waals surface area contributed by atoms with Crippen molar-refractivity contribution in [3.05, 3.63) is 105 Å². The van der Waals surface area contributed by atoms with Crippen LogP contribution in [0.5, 0.6) is 0 Å². The first kappa shape index (κ1) is 27.4. The zero-order valence-corrected chi connectivity index (χ0v) is 21.3. The van der Waals surface area contributed by atoms with Gasteiger partial charge in [0.15, 0.2) is 11.5 Å². The van der Waals surface area contributed by atoms with Crippen LogP contribution >= 0.6 is 0 Å². The van der Waals surface area contributed by atoms with Gasteiger partial charge in [0, 0.05) is 12.5 Å². The van der Waals surface area contributed by atoms with E-state index in [-0.39, 0.29) is 28.4 Å². The smallest absolute Gasteiger partial charge is 0.352 e. The van der Waals surface area contributed by atoms with E-state index in [2.05, 4.69) is 4.18 Å². The van der Waals surface area contributed by atoms with Crippen LogP contribution in [0.2, 0.25) is 0 Å². The van der Waals surface area contributed by atoms with E-state index in [0.29, 0.717) is 22.5 Å². The van der Waals surface area contributed by atoms with E-state index in [4.69, 9.17) is 4.42 Å². The minimum Gasteiger partial charge on any atom is -0.726 e. The Bertz CT molecular complexity index is 1530. The van der Waals surface area contributed by atoms with Crippen molar-refractivity contribution in [3.8, 4) is 22.6 Å². The molecule has 10 nitrogen and oxygen atoms in total. The molecule has 0 fully saturated rings. The third kappa shape index (κ3) is 6.15. The quantitative estimate of drug-likeness (QED) is 0.0907. The van der Waals surface area contributed by atoms with Gasteiger partial charge in [0.05, 0.1) is 23.9 Å². The van der Waals surface area contributed by atoms with E-state index in [1.807, 2.05) is 49.4 Å². The fourth-order valence-electron chi connectivity index (χ4n) is 3.80. The molecule has 0 amide bonds. The average Bonchev–Trinajstić information content (AvgIpc) is 3.40. The molecule has 0 bridgehead atoms. The van der Waals surface area contributed by atoms with Crippen LogP contribution in [-0.4, -0.2) is 30.8 Å².